The Labute approximate surface area is 172 Å². The van der Waals surface area contributed by atoms with Crippen molar-refractivity contribution in [3.8, 4) is 0 Å². The van der Waals surface area contributed by atoms with E-state index in [1.807, 2.05) is 41.3 Å². The number of hydrogen-bond donors (Lipinski definition) is 0. The highest BCUT2D eigenvalue weighted by atomic mass is 16.2. The first-order valence-corrected chi connectivity index (χ1v) is 10.5. The minimum Gasteiger partial charge on any atom is -0.303 e. The summed E-state index contributed by atoms with van der Waals surface area (Å²) in [5.41, 5.74) is 4.23. The summed E-state index contributed by atoms with van der Waals surface area (Å²) in [6.07, 6.45) is 2.84. The fourth-order valence-electron chi connectivity index (χ4n) is 4.92. The summed E-state index contributed by atoms with van der Waals surface area (Å²) >= 11 is 0. The van der Waals surface area contributed by atoms with Gasteiger partial charge in [-0.1, -0.05) is 66.7 Å². The number of hydrogen-bond acceptors (Lipinski definition) is 2. The summed E-state index contributed by atoms with van der Waals surface area (Å²) in [6.45, 7) is 2.99. The van der Waals surface area contributed by atoms with Gasteiger partial charge in [-0.2, -0.15) is 0 Å². The second-order valence-electron chi connectivity index (χ2n) is 8.15. The molecule has 0 unspecified atom stereocenters. The van der Waals surface area contributed by atoms with Crippen molar-refractivity contribution in [2.24, 2.45) is 0 Å². The Hall–Kier alpha value is -2.91. The number of fused-ring (bicyclic) bond motifs is 2. The van der Waals surface area contributed by atoms with Crippen LogP contribution in [0, 0.1) is 0 Å². The number of anilines is 2. The van der Waals surface area contributed by atoms with Crippen molar-refractivity contribution in [1.29, 1.82) is 0 Å². The summed E-state index contributed by atoms with van der Waals surface area (Å²) in [5.74, 6) is 0.243. The average molecular weight is 383 g/mol. The zero-order chi connectivity index (χ0) is 19.7. The Morgan fingerprint density at radius 3 is 2.10 bits per heavy atom. The molecule has 0 bridgehead atoms. The van der Waals surface area contributed by atoms with E-state index < -0.39 is 0 Å². The van der Waals surface area contributed by atoms with Gasteiger partial charge in [-0.05, 0) is 61.7 Å². The van der Waals surface area contributed by atoms with E-state index in [1.54, 1.807) is 0 Å². The minimum atomic E-state index is -0.379. The number of amides is 1. The fraction of sp³-hybridized carbons (Fsp3) is 0.269. The first-order chi connectivity index (χ1) is 14.3. The van der Waals surface area contributed by atoms with Crippen LogP contribution in [-0.4, -0.2) is 30.4 Å². The molecule has 1 amide bonds. The molecule has 1 fully saturated rings. The van der Waals surface area contributed by atoms with E-state index in [-0.39, 0.29) is 11.3 Å². The monoisotopic (exact) mass is 382 g/mol. The van der Waals surface area contributed by atoms with Crippen LogP contribution < -0.4 is 4.90 Å². The molecule has 0 aliphatic carbocycles. The van der Waals surface area contributed by atoms with Crippen LogP contribution in [0.15, 0.2) is 84.9 Å². The van der Waals surface area contributed by atoms with E-state index in [2.05, 4.69) is 53.4 Å². The zero-order valence-corrected chi connectivity index (χ0v) is 16.6. The van der Waals surface area contributed by atoms with E-state index in [4.69, 9.17) is 0 Å². The van der Waals surface area contributed by atoms with Crippen molar-refractivity contribution in [2.75, 3.05) is 24.5 Å². The Morgan fingerprint density at radius 2 is 1.38 bits per heavy atom. The molecule has 0 saturated carbocycles. The van der Waals surface area contributed by atoms with Gasteiger partial charge < -0.3 is 4.90 Å². The Kier molecular flexibility index (Phi) is 4.69. The number of para-hydroxylation sites is 2. The van der Waals surface area contributed by atoms with Gasteiger partial charge >= 0.3 is 0 Å². The molecule has 0 radical (unpaired) electrons. The molecule has 2 aliphatic heterocycles. The molecule has 0 atom stereocenters. The molecule has 3 heteroatoms. The quantitative estimate of drug-likeness (QED) is 0.638. The number of rotatable bonds is 4. The van der Waals surface area contributed by atoms with Crippen LogP contribution in [0.25, 0.3) is 0 Å². The lowest BCUT2D eigenvalue weighted by Gasteiger charge is -2.38. The predicted molar refractivity (Wildman–Crippen MR) is 118 cm³/mol. The highest BCUT2D eigenvalue weighted by molar-refractivity contribution is 6.13. The second kappa shape index (κ2) is 7.49. The molecule has 1 spiro atoms. The van der Waals surface area contributed by atoms with Crippen molar-refractivity contribution < 1.29 is 4.79 Å². The maximum absolute atomic E-state index is 13.7. The topological polar surface area (TPSA) is 23.6 Å². The van der Waals surface area contributed by atoms with E-state index in [1.165, 1.54) is 11.1 Å². The summed E-state index contributed by atoms with van der Waals surface area (Å²) in [7, 11) is 0. The van der Waals surface area contributed by atoms with Gasteiger partial charge in [0.25, 0.3) is 0 Å². The third kappa shape index (κ3) is 3.16. The van der Waals surface area contributed by atoms with Crippen LogP contribution >= 0.6 is 0 Å². The second-order valence-corrected chi connectivity index (χ2v) is 8.15. The largest absolute Gasteiger partial charge is 0.303 e. The predicted octanol–water partition coefficient (Wildman–Crippen LogP) is 4.94. The highest BCUT2D eigenvalue weighted by Crippen LogP contribution is 2.50. The highest BCUT2D eigenvalue weighted by Gasteiger charge is 2.52. The molecular weight excluding hydrogens is 356 g/mol. The molecule has 146 valence electrons. The molecular formula is C26H26N2O. The standard InChI is InChI=1S/C26H26N2O/c29-25-26(16-19-27(20-17-26)18-15-21-9-3-1-4-10-21)23-13-7-8-14-24(23)28(25)22-11-5-2-6-12-22/h1-14H,15-20H2. The SMILES string of the molecule is O=C1N(c2ccccc2)c2ccccc2C12CCN(CCc1ccccc1)CC2. The first kappa shape index (κ1) is 18.1. The number of carbonyl (C=O) groups excluding carboxylic acids is 1. The Morgan fingerprint density at radius 1 is 0.759 bits per heavy atom. The molecule has 3 aromatic rings. The molecule has 3 aromatic carbocycles. The lowest BCUT2D eigenvalue weighted by atomic mass is 9.73. The smallest absolute Gasteiger partial charge is 0.242 e. The number of nitrogens with zero attached hydrogens (tertiary/aromatic N) is 2. The minimum absolute atomic E-state index is 0.243. The van der Waals surface area contributed by atoms with Gasteiger partial charge in [-0.15, -0.1) is 0 Å². The van der Waals surface area contributed by atoms with Crippen LogP contribution in [0.2, 0.25) is 0 Å². The number of benzene rings is 3. The number of piperidine rings is 1. The number of carbonyl (C=O) groups is 1. The van der Waals surface area contributed by atoms with Crippen molar-refractivity contribution >= 4 is 17.3 Å². The van der Waals surface area contributed by atoms with Crippen LogP contribution in [-0.2, 0) is 16.6 Å². The lowest BCUT2D eigenvalue weighted by molar-refractivity contribution is -0.124. The van der Waals surface area contributed by atoms with Gasteiger partial charge in [0.1, 0.15) is 0 Å². The Bertz CT molecular complexity index is 991. The van der Waals surface area contributed by atoms with Gasteiger partial charge in [0, 0.05) is 12.2 Å². The van der Waals surface area contributed by atoms with Gasteiger partial charge in [-0.3, -0.25) is 9.69 Å². The van der Waals surface area contributed by atoms with Crippen LogP contribution in [0.5, 0.6) is 0 Å². The van der Waals surface area contributed by atoms with E-state index in [0.29, 0.717) is 0 Å². The number of likely N-dealkylation sites (tertiary alicyclic amines) is 1. The molecule has 2 heterocycles. The maximum atomic E-state index is 13.7. The fourth-order valence-corrected chi connectivity index (χ4v) is 4.92. The van der Waals surface area contributed by atoms with E-state index >= 15 is 0 Å². The van der Waals surface area contributed by atoms with Crippen LogP contribution in [0.4, 0.5) is 11.4 Å². The first-order valence-electron chi connectivity index (χ1n) is 10.5. The summed E-state index contributed by atoms with van der Waals surface area (Å²) in [4.78, 5) is 18.2. The van der Waals surface area contributed by atoms with Crippen molar-refractivity contribution in [3.05, 3.63) is 96.1 Å². The van der Waals surface area contributed by atoms with Crippen molar-refractivity contribution in [2.45, 2.75) is 24.7 Å². The van der Waals surface area contributed by atoms with Gasteiger partial charge in [0.2, 0.25) is 5.91 Å². The lowest BCUT2D eigenvalue weighted by Crippen LogP contribution is -2.48. The van der Waals surface area contributed by atoms with Crippen LogP contribution in [0.3, 0.4) is 0 Å². The van der Waals surface area contributed by atoms with E-state index in [9.17, 15) is 4.79 Å². The summed E-state index contributed by atoms with van der Waals surface area (Å²) < 4.78 is 0. The third-order valence-corrected chi connectivity index (χ3v) is 6.56. The van der Waals surface area contributed by atoms with E-state index in [0.717, 1.165) is 50.3 Å². The zero-order valence-electron chi connectivity index (χ0n) is 16.6. The third-order valence-electron chi connectivity index (χ3n) is 6.56. The molecule has 2 aliphatic rings. The summed E-state index contributed by atoms with van der Waals surface area (Å²) in [5, 5.41) is 0. The summed E-state index contributed by atoms with van der Waals surface area (Å²) in [6, 6.07) is 29.1. The average Bonchev–Trinajstić information content (AvgIpc) is 3.03. The normalized spacial score (nSPS) is 18.2. The van der Waals surface area contributed by atoms with Crippen LogP contribution in [0.1, 0.15) is 24.0 Å². The maximum Gasteiger partial charge on any atom is 0.242 e. The molecule has 5 rings (SSSR count). The molecule has 0 aromatic heterocycles. The van der Waals surface area contributed by atoms with Crippen molar-refractivity contribution in [3.63, 3.8) is 0 Å². The molecule has 1 saturated heterocycles. The van der Waals surface area contributed by atoms with Crippen molar-refractivity contribution in [1.82, 2.24) is 4.90 Å². The van der Waals surface area contributed by atoms with Gasteiger partial charge in [-0.25, -0.2) is 0 Å². The molecule has 29 heavy (non-hydrogen) atoms. The molecule has 3 nitrogen and oxygen atoms in total. The van der Waals surface area contributed by atoms with Gasteiger partial charge in [0.15, 0.2) is 0 Å². The molecule has 0 N–H and O–H groups in total. The van der Waals surface area contributed by atoms with Gasteiger partial charge in [0.05, 0.1) is 11.1 Å². The Balaban J connectivity index is 1.36.